The number of nitrogens with zero attached hydrogens (tertiary/aromatic N) is 3. The summed E-state index contributed by atoms with van der Waals surface area (Å²) in [4.78, 5) is 16.2. The van der Waals surface area contributed by atoms with E-state index in [1.807, 2.05) is 14.0 Å². The van der Waals surface area contributed by atoms with E-state index in [9.17, 15) is 4.79 Å². The largest absolute Gasteiger partial charge is 0.342 e. The Morgan fingerprint density at radius 1 is 1.53 bits per heavy atom. The zero-order valence-corrected chi connectivity index (χ0v) is 11.1. The summed E-state index contributed by atoms with van der Waals surface area (Å²) in [5.41, 5.74) is 0. The van der Waals surface area contributed by atoms with E-state index in [0.717, 1.165) is 32.4 Å². The number of rotatable bonds is 4. The molecule has 0 bridgehead atoms. The van der Waals surface area contributed by atoms with E-state index in [0.29, 0.717) is 12.5 Å². The van der Waals surface area contributed by atoms with Crippen LogP contribution in [0.3, 0.4) is 0 Å². The van der Waals surface area contributed by atoms with Crippen LogP contribution < -0.4 is 0 Å². The number of hydrogen-bond donors (Lipinski definition) is 0. The number of carbonyl (C=O) groups is 1. The summed E-state index contributed by atoms with van der Waals surface area (Å²) in [5.74, 6) is -0.450. The second-order valence-electron chi connectivity index (χ2n) is 4.95. The number of likely N-dealkylation sites (tertiary alicyclic amines) is 1. The first-order valence-corrected chi connectivity index (χ1v) is 6.45. The molecule has 0 aliphatic carbocycles. The molecule has 1 amide bonds. The van der Waals surface area contributed by atoms with E-state index in [1.54, 1.807) is 4.90 Å². The number of nitriles is 1. The highest BCUT2D eigenvalue weighted by Crippen LogP contribution is 2.17. The van der Waals surface area contributed by atoms with Gasteiger partial charge in [0.05, 0.1) is 6.07 Å². The highest BCUT2D eigenvalue weighted by molar-refractivity contribution is 5.81. The number of amides is 1. The van der Waals surface area contributed by atoms with Gasteiger partial charge >= 0.3 is 0 Å². The molecule has 0 N–H and O–H groups in total. The van der Waals surface area contributed by atoms with Gasteiger partial charge in [-0.15, -0.1) is 0 Å². The van der Waals surface area contributed by atoms with Crippen LogP contribution in [0.25, 0.3) is 0 Å². The molecule has 1 unspecified atom stereocenters. The van der Waals surface area contributed by atoms with Crippen LogP contribution in [0.4, 0.5) is 0 Å². The van der Waals surface area contributed by atoms with Crippen LogP contribution in [0.2, 0.25) is 0 Å². The maximum atomic E-state index is 12.1. The molecule has 0 aromatic rings. The topological polar surface area (TPSA) is 47.3 Å². The molecule has 1 heterocycles. The third kappa shape index (κ3) is 3.71. The Labute approximate surface area is 104 Å². The Bertz CT molecular complexity index is 290. The average molecular weight is 237 g/mol. The van der Waals surface area contributed by atoms with E-state index in [2.05, 4.69) is 18.0 Å². The number of carbonyl (C=O) groups excluding carboxylic acids is 1. The van der Waals surface area contributed by atoms with Crippen molar-refractivity contribution in [2.45, 2.75) is 38.6 Å². The third-order valence-corrected chi connectivity index (χ3v) is 3.61. The molecule has 0 spiro atoms. The van der Waals surface area contributed by atoms with Crippen molar-refractivity contribution >= 4 is 5.91 Å². The average Bonchev–Trinajstić information content (AvgIpc) is 2.35. The van der Waals surface area contributed by atoms with E-state index >= 15 is 0 Å². The monoisotopic (exact) mass is 237 g/mol. The van der Waals surface area contributed by atoms with Gasteiger partial charge in [0.15, 0.2) is 0 Å². The van der Waals surface area contributed by atoms with Gasteiger partial charge in [0.25, 0.3) is 0 Å². The molecule has 1 saturated heterocycles. The Kier molecular flexibility index (Phi) is 5.43. The predicted octanol–water partition coefficient (Wildman–Crippen LogP) is 1.48. The Morgan fingerprint density at radius 2 is 2.12 bits per heavy atom. The lowest BCUT2D eigenvalue weighted by Crippen LogP contribution is -2.46. The van der Waals surface area contributed by atoms with Crippen molar-refractivity contribution in [3.63, 3.8) is 0 Å². The minimum atomic E-state index is -0.454. The quantitative estimate of drug-likeness (QED) is 0.744. The standard InChI is InChI=1S/C13H23N3O/c1-4-5-11(10-14)13(17)16(3)12-6-8-15(2)9-7-12/h11-12H,4-9H2,1-3H3. The molecular weight excluding hydrogens is 214 g/mol. The lowest BCUT2D eigenvalue weighted by Gasteiger charge is -2.35. The first-order chi connectivity index (χ1) is 8.10. The van der Waals surface area contributed by atoms with Crippen molar-refractivity contribution in [2.24, 2.45) is 5.92 Å². The molecule has 1 fully saturated rings. The molecule has 1 rings (SSSR count). The number of piperidine rings is 1. The SMILES string of the molecule is CCCC(C#N)C(=O)N(C)C1CCN(C)CC1. The normalized spacial score (nSPS) is 19.6. The van der Waals surface area contributed by atoms with Gasteiger partial charge in [-0.1, -0.05) is 13.3 Å². The molecule has 0 aromatic carbocycles. The minimum Gasteiger partial charge on any atom is -0.342 e. The van der Waals surface area contributed by atoms with Gasteiger partial charge in [0.1, 0.15) is 5.92 Å². The van der Waals surface area contributed by atoms with Crippen LogP contribution in [0.1, 0.15) is 32.6 Å². The minimum absolute atomic E-state index is 0.00361. The summed E-state index contributed by atoms with van der Waals surface area (Å²) in [6, 6.07) is 2.44. The predicted molar refractivity (Wildman–Crippen MR) is 67.3 cm³/mol. The maximum Gasteiger partial charge on any atom is 0.239 e. The van der Waals surface area contributed by atoms with Gasteiger partial charge in [0.2, 0.25) is 5.91 Å². The molecule has 0 saturated carbocycles. The Balaban J connectivity index is 2.54. The van der Waals surface area contributed by atoms with E-state index in [1.165, 1.54) is 0 Å². The van der Waals surface area contributed by atoms with Gasteiger partial charge in [-0.2, -0.15) is 5.26 Å². The first kappa shape index (κ1) is 14.0. The summed E-state index contributed by atoms with van der Waals surface area (Å²) in [6.45, 7) is 4.08. The fourth-order valence-electron chi connectivity index (χ4n) is 2.34. The van der Waals surface area contributed by atoms with Crippen LogP contribution in [0, 0.1) is 17.2 Å². The molecule has 0 radical (unpaired) electrons. The fraction of sp³-hybridized carbons (Fsp3) is 0.846. The zero-order valence-electron chi connectivity index (χ0n) is 11.1. The summed E-state index contributed by atoms with van der Waals surface area (Å²) in [7, 11) is 3.95. The van der Waals surface area contributed by atoms with Gasteiger partial charge < -0.3 is 9.80 Å². The Hall–Kier alpha value is -1.08. The van der Waals surface area contributed by atoms with E-state index in [4.69, 9.17) is 5.26 Å². The van der Waals surface area contributed by atoms with Crippen LogP contribution in [-0.4, -0.2) is 48.9 Å². The van der Waals surface area contributed by atoms with Crippen molar-refractivity contribution < 1.29 is 4.79 Å². The number of hydrogen-bond acceptors (Lipinski definition) is 3. The summed E-state index contributed by atoms with van der Waals surface area (Å²) >= 11 is 0. The summed E-state index contributed by atoms with van der Waals surface area (Å²) in [6.07, 6.45) is 3.59. The van der Waals surface area contributed by atoms with Crippen LogP contribution in [0.15, 0.2) is 0 Å². The van der Waals surface area contributed by atoms with Crippen LogP contribution in [0.5, 0.6) is 0 Å². The molecule has 1 aliphatic rings. The highest BCUT2D eigenvalue weighted by atomic mass is 16.2. The molecule has 4 nitrogen and oxygen atoms in total. The Morgan fingerprint density at radius 3 is 2.59 bits per heavy atom. The molecule has 96 valence electrons. The van der Waals surface area contributed by atoms with Gasteiger partial charge in [-0.3, -0.25) is 4.79 Å². The van der Waals surface area contributed by atoms with Crippen LogP contribution in [-0.2, 0) is 4.79 Å². The van der Waals surface area contributed by atoms with Gasteiger partial charge in [0, 0.05) is 13.1 Å². The van der Waals surface area contributed by atoms with Crippen molar-refractivity contribution in [1.29, 1.82) is 5.26 Å². The third-order valence-electron chi connectivity index (χ3n) is 3.61. The second kappa shape index (κ2) is 6.61. The zero-order chi connectivity index (χ0) is 12.8. The first-order valence-electron chi connectivity index (χ1n) is 6.45. The molecule has 4 heteroatoms. The van der Waals surface area contributed by atoms with Gasteiger partial charge in [-0.25, -0.2) is 0 Å². The lowest BCUT2D eigenvalue weighted by atomic mass is 9.99. The summed E-state index contributed by atoms with van der Waals surface area (Å²) < 4.78 is 0. The molecular formula is C13H23N3O. The second-order valence-corrected chi connectivity index (χ2v) is 4.95. The van der Waals surface area contributed by atoms with Gasteiger partial charge in [-0.05, 0) is 39.4 Å². The summed E-state index contributed by atoms with van der Waals surface area (Å²) in [5, 5.41) is 9.01. The van der Waals surface area contributed by atoms with Crippen molar-refractivity contribution in [2.75, 3.05) is 27.2 Å². The molecule has 0 aromatic heterocycles. The fourth-order valence-corrected chi connectivity index (χ4v) is 2.34. The molecule has 17 heavy (non-hydrogen) atoms. The van der Waals surface area contributed by atoms with E-state index in [-0.39, 0.29) is 5.91 Å². The van der Waals surface area contributed by atoms with E-state index < -0.39 is 5.92 Å². The molecule has 1 aliphatic heterocycles. The van der Waals surface area contributed by atoms with Crippen LogP contribution >= 0.6 is 0 Å². The maximum absolute atomic E-state index is 12.1. The molecule has 1 atom stereocenters. The van der Waals surface area contributed by atoms with Crippen molar-refractivity contribution in [3.05, 3.63) is 0 Å². The van der Waals surface area contributed by atoms with Crippen molar-refractivity contribution in [1.82, 2.24) is 9.80 Å². The lowest BCUT2D eigenvalue weighted by molar-refractivity contribution is -0.135. The smallest absolute Gasteiger partial charge is 0.239 e. The highest BCUT2D eigenvalue weighted by Gasteiger charge is 2.28. The van der Waals surface area contributed by atoms with Crippen molar-refractivity contribution in [3.8, 4) is 6.07 Å².